The van der Waals surface area contributed by atoms with Gasteiger partial charge in [-0.05, 0) is 12.1 Å². The Morgan fingerprint density at radius 2 is 1.71 bits per heavy atom. The highest BCUT2D eigenvalue weighted by Crippen LogP contribution is 2.21. The number of hydrogen-bond acceptors (Lipinski definition) is 5. The lowest BCUT2D eigenvalue weighted by molar-refractivity contribution is 0.0622. The summed E-state index contributed by atoms with van der Waals surface area (Å²) in [5.41, 5.74) is 0.932. The van der Waals surface area contributed by atoms with Crippen LogP contribution in [0, 0.1) is 0 Å². The number of carbonyl (C=O) groups is 2. The van der Waals surface area contributed by atoms with Gasteiger partial charge in [0, 0.05) is 33.3 Å². The third-order valence-electron chi connectivity index (χ3n) is 3.55. The summed E-state index contributed by atoms with van der Waals surface area (Å²) in [4.78, 5) is 27.6. The van der Waals surface area contributed by atoms with E-state index in [-0.39, 0.29) is 18.4 Å². The van der Waals surface area contributed by atoms with Gasteiger partial charge in [-0.2, -0.15) is 0 Å². The number of hydrogen-bond donors (Lipinski definition) is 1. The molecule has 1 aromatic rings. The molecule has 0 bridgehead atoms. The highest BCUT2D eigenvalue weighted by atomic mass is 16.5. The maximum absolute atomic E-state index is 12.2. The van der Waals surface area contributed by atoms with Crippen LogP contribution in [0.25, 0.3) is 0 Å². The molecule has 1 aliphatic heterocycles. The Morgan fingerprint density at radius 3 is 2.24 bits per heavy atom. The van der Waals surface area contributed by atoms with Crippen molar-refractivity contribution in [2.45, 2.75) is 0 Å². The van der Waals surface area contributed by atoms with Crippen LogP contribution in [0.1, 0.15) is 20.7 Å². The van der Waals surface area contributed by atoms with E-state index in [4.69, 9.17) is 9.84 Å². The Balaban J connectivity index is 1.97. The molecule has 2 amide bonds. The molecule has 0 radical (unpaired) electrons. The monoisotopic (exact) mass is 292 g/mol. The number of aliphatic hydroxyl groups excluding tert-OH is 1. The van der Waals surface area contributed by atoms with Gasteiger partial charge in [-0.1, -0.05) is 12.1 Å². The lowest BCUT2D eigenvalue weighted by atomic mass is 10.1. The molecule has 114 valence electrons. The van der Waals surface area contributed by atoms with Gasteiger partial charge in [0.15, 0.2) is 0 Å². The second kappa shape index (κ2) is 7.31. The molecule has 0 atom stereocenters. The molecule has 21 heavy (non-hydrogen) atoms. The molecule has 0 fully saturated rings. The third kappa shape index (κ3) is 3.47. The van der Waals surface area contributed by atoms with Gasteiger partial charge in [0.2, 0.25) is 0 Å². The number of methoxy groups -OCH3 is 1. The van der Waals surface area contributed by atoms with Gasteiger partial charge in [-0.3, -0.25) is 19.4 Å². The van der Waals surface area contributed by atoms with Crippen LogP contribution in [0.3, 0.4) is 0 Å². The van der Waals surface area contributed by atoms with E-state index in [0.717, 1.165) is 0 Å². The van der Waals surface area contributed by atoms with Gasteiger partial charge in [0.1, 0.15) is 0 Å². The average molecular weight is 292 g/mol. The molecular formula is C15H20N2O4. The standard InChI is InChI=1S/C15H20N2O4/c1-21-11-9-16(8-10-18)6-7-17-14(19)12-4-2-3-5-13(12)15(17)20/h2-5,18H,6-11H2,1H3. The van der Waals surface area contributed by atoms with Gasteiger partial charge in [-0.15, -0.1) is 0 Å². The van der Waals surface area contributed by atoms with Crippen molar-refractivity contribution in [1.29, 1.82) is 0 Å². The van der Waals surface area contributed by atoms with Crippen LogP contribution >= 0.6 is 0 Å². The van der Waals surface area contributed by atoms with Crippen molar-refractivity contribution in [3.05, 3.63) is 35.4 Å². The number of fused-ring (bicyclic) bond motifs is 1. The Morgan fingerprint density at radius 1 is 1.10 bits per heavy atom. The number of nitrogens with zero attached hydrogens (tertiary/aromatic N) is 2. The van der Waals surface area contributed by atoms with E-state index in [2.05, 4.69) is 0 Å². The molecule has 0 saturated heterocycles. The first-order valence-electron chi connectivity index (χ1n) is 6.96. The van der Waals surface area contributed by atoms with E-state index in [9.17, 15) is 9.59 Å². The van der Waals surface area contributed by atoms with Crippen molar-refractivity contribution in [3.63, 3.8) is 0 Å². The molecule has 0 aliphatic carbocycles. The fourth-order valence-corrected chi connectivity index (χ4v) is 2.38. The van der Waals surface area contributed by atoms with Crippen LogP contribution in [0.5, 0.6) is 0 Å². The second-order valence-electron chi connectivity index (χ2n) is 4.87. The SMILES string of the molecule is COCCN(CCO)CCN1C(=O)c2ccccc2C1=O. The number of carbonyl (C=O) groups excluding carboxylic acids is 2. The van der Waals surface area contributed by atoms with Gasteiger partial charge in [0.25, 0.3) is 11.8 Å². The molecule has 0 spiro atoms. The predicted molar refractivity (Wildman–Crippen MR) is 77.2 cm³/mol. The van der Waals surface area contributed by atoms with E-state index in [1.165, 1.54) is 4.90 Å². The molecule has 1 N–H and O–H groups in total. The number of imide groups is 1. The van der Waals surface area contributed by atoms with Gasteiger partial charge < -0.3 is 9.84 Å². The molecule has 6 nitrogen and oxygen atoms in total. The van der Waals surface area contributed by atoms with E-state index in [0.29, 0.717) is 43.9 Å². The molecule has 0 saturated carbocycles. The minimum absolute atomic E-state index is 0.0336. The Labute approximate surface area is 123 Å². The van der Waals surface area contributed by atoms with E-state index >= 15 is 0 Å². The maximum Gasteiger partial charge on any atom is 0.261 e. The zero-order valence-corrected chi connectivity index (χ0v) is 12.1. The van der Waals surface area contributed by atoms with Crippen molar-refractivity contribution in [2.24, 2.45) is 0 Å². The normalized spacial score (nSPS) is 14.1. The first-order chi connectivity index (χ1) is 10.2. The van der Waals surface area contributed by atoms with Crippen molar-refractivity contribution in [2.75, 3.05) is 46.5 Å². The first kappa shape index (κ1) is 15.6. The van der Waals surface area contributed by atoms with Crippen LogP contribution in [0.15, 0.2) is 24.3 Å². The number of amides is 2. The van der Waals surface area contributed by atoms with E-state index in [1.807, 2.05) is 4.90 Å². The van der Waals surface area contributed by atoms with Gasteiger partial charge in [-0.25, -0.2) is 0 Å². The number of ether oxygens (including phenoxy) is 1. The minimum atomic E-state index is -0.244. The molecule has 1 aliphatic rings. The van der Waals surface area contributed by atoms with Crippen molar-refractivity contribution in [1.82, 2.24) is 9.80 Å². The predicted octanol–water partition coefficient (Wildman–Crippen LogP) is 0.223. The summed E-state index contributed by atoms with van der Waals surface area (Å²) >= 11 is 0. The smallest absolute Gasteiger partial charge is 0.261 e. The maximum atomic E-state index is 12.2. The highest BCUT2D eigenvalue weighted by molar-refractivity contribution is 6.21. The Kier molecular flexibility index (Phi) is 5.44. The number of aliphatic hydroxyl groups is 1. The fourth-order valence-electron chi connectivity index (χ4n) is 2.38. The van der Waals surface area contributed by atoms with Gasteiger partial charge in [0.05, 0.1) is 24.3 Å². The molecular weight excluding hydrogens is 272 g/mol. The average Bonchev–Trinajstić information content (AvgIpc) is 2.75. The largest absolute Gasteiger partial charge is 0.395 e. The zero-order valence-electron chi connectivity index (χ0n) is 12.1. The number of rotatable bonds is 8. The van der Waals surface area contributed by atoms with Crippen molar-refractivity contribution >= 4 is 11.8 Å². The molecule has 1 aromatic carbocycles. The number of benzene rings is 1. The van der Waals surface area contributed by atoms with Crippen LogP contribution in [-0.2, 0) is 4.74 Å². The zero-order chi connectivity index (χ0) is 15.2. The molecule has 6 heteroatoms. The topological polar surface area (TPSA) is 70.1 Å². The summed E-state index contributed by atoms with van der Waals surface area (Å²) in [5, 5.41) is 9.04. The van der Waals surface area contributed by atoms with Crippen molar-refractivity contribution in [3.8, 4) is 0 Å². The van der Waals surface area contributed by atoms with Crippen molar-refractivity contribution < 1.29 is 19.4 Å². The molecule has 0 aromatic heterocycles. The van der Waals surface area contributed by atoms with E-state index < -0.39 is 0 Å². The third-order valence-corrected chi connectivity index (χ3v) is 3.55. The Bertz CT molecular complexity index is 483. The summed E-state index contributed by atoms with van der Waals surface area (Å²) in [7, 11) is 1.61. The second-order valence-corrected chi connectivity index (χ2v) is 4.87. The lowest BCUT2D eigenvalue weighted by Crippen LogP contribution is -2.40. The van der Waals surface area contributed by atoms with Crippen LogP contribution < -0.4 is 0 Å². The first-order valence-corrected chi connectivity index (χ1v) is 6.96. The van der Waals surface area contributed by atoms with Gasteiger partial charge >= 0.3 is 0 Å². The summed E-state index contributed by atoms with van der Waals surface area (Å²) in [6.07, 6.45) is 0. The highest BCUT2D eigenvalue weighted by Gasteiger charge is 2.34. The van der Waals surface area contributed by atoms with E-state index in [1.54, 1.807) is 31.4 Å². The van der Waals surface area contributed by atoms with Crippen LogP contribution in [0.4, 0.5) is 0 Å². The molecule has 2 rings (SSSR count). The summed E-state index contributed by atoms with van der Waals surface area (Å²) in [6, 6.07) is 6.85. The lowest BCUT2D eigenvalue weighted by Gasteiger charge is -2.23. The minimum Gasteiger partial charge on any atom is -0.395 e. The fraction of sp³-hybridized carbons (Fsp3) is 0.467. The quantitative estimate of drug-likeness (QED) is 0.694. The molecule has 0 unspecified atom stereocenters. The summed E-state index contributed by atoms with van der Waals surface area (Å²) in [5.74, 6) is -0.488. The Hall–Kier alpha value is -1.76. The summed E-state index contributed by atoms with van der Waals surface area (Å²) in [6.45, 7) is 2.56. The molecule has 1 heterocycles. The van der Waals surface area contributed by atoms with Crippen LogP contribution in [-0.4, -0.2) is 73.2 Å². The summed E-state index contributed by atoms with van der Waals surface area (Å²) < 4.78 is 5.01. The van der Waals surface area contributed by atoms with Crippen LogP contribution in [0.2, 0.25) is 0 Å².